The van der Waals surface area contributed by atoms with Crippen LogP contribution in [0.15, 0.2) is 47.2 Å². The molecule has 2 nitrogen and oxygen atoms in total. The molecule has 2 aromatic rings. The van der Waals surface area contributed by atoms with E-state index in [1.807, 2.05) is 12.4 Å². The number of aromatic amines is 1. The van der Waals surface area contributed by atoms with Gasteiger partial charge in [-0.1, -0.05) is 28.1 Å². The molecule has 78 valence electrons. The summed E-state index contributed by atoms with van der Waals surface area (Å²) in [6.45, 7) is 1.80. The van der Waals surface area contributed by atoms with Crippen LogP contribution >= 0.6 is 15.9 Å². The van der Waals surface area contributed by atoms with Crippen LogP contribution < -0.4 is 5.32 Å². The van der Waals surface area contributed by atoms with Gasteiger partial charge in [0.15, 0.2) is 0 Å². The number of rotatable bonds is 4. The second-order valence-electron chi connectivity index (χ2n) is 3.45. The molecule has 0 amide bonds. The molecule has 0 spiro atoms. The van der Waals surface area contributed by atoms with Crippen molar-refractivity contribution in [3.05, 3.63) is 58.3 Å². The average Bonchev–Trinajstić information content (AvgIpc) is 2.74. The molecular formula is C12H13BrN2. The molecule has 0 aliphatic rings. The lowest BCUT2D eigenvalue weighted by Crippen LogP contribution is -2.11. The Morgan fingerprint density at radius 2 is 1.73 bits per heavy atom. The minimum atomic E-state index is 0.901. The van der Waals surface area contributed by atoms with Gasteiger partial charge in [-0.15, -0.1) is 0 Å². The zero-order valence-corrected chi connectivity index (χ0v) is 9.92. The number of hydrogen-bond donors (Lipinski definition) is 2. The SMILES string of the molecule is Brc1ccc(CNCc2cc[nH]c2)cc1. The van der Waals surface area contributed by atoms with E-state index in [0.29, 0.717) is 0 Å². The first-order valence-electron chi connectivity index (χ1n) is 4.91. The number of halogens is 1. The molecule has 0 atom stereocenters. The van der Waals surface area contributed by atoms with Gasteiger partial charge in [0.25, 0.3) is 0 Å². The number of nitrogens with one attached hydrogen (secondary N) is 2. The molecule has 3 heteroatoms. The predicted octanol–water partition coefficient (Wildman–Crippen LogP) is 3.07. The van der Waals surface area contributed by atoms with Gasteiger partial charge in [0.2, 0.25) is 0 Å². The minimum absolute atomic E-state index is 0.901. The Labute approximate surface area is 97.8 Å². The normalized spacial score (nSPS) is 10.5. The molecule has 2 rings (SSSR count). The topological polar surface area (TPSA) is 27.8 Å². The standard InChI is InChI=1S/C12H13BrN2/c13-12-3-1-10(2-4-12)7-15-9-11-5-6-14-8-11/h1-6,8,14-15H,7,9H2. The van der Waals surface area contributed by atoms with E-state index in [-0.39, 0.29) is 0 Å². The van der Waals surface area contributed by atoms with Crippen LogP contribution in [0.5, 0.6) is 0 Å². The van der Waals surface area contributed by atoms with Crippen molar-refractivity contribution in [2.45, 2.75) is 13.1 Å². The molecule has 2 N–H and O–H groups in total. The highest BCUT2D eigenvalue weighted by molar-refractivity contribution is 9.10. The highest BCUT2D eigenvalue weighted by Crippen LogP contribution is 2.10. The molecule has 0 aliphatic heterocycles. The maximum atomic E-state index is 3.42. The van der Waals surface area contributed by atoms with Gasteiger partial charge in [0.05, 0.1) is 0 Å². The van der Waals surface area contributed by atoms with Crippen molar-refractivity contribution in [1.29, 1.82) is 0 Å². The zero-order chi connectivity index (χ0) is 10.5. The number of hydrogen-bond acceptors (Lipinski definition) is 1. The van der Waals surface area contributed by atoms with E-state index in [1.165, 1.54) is 11.1 Å². The summed E-state index contributed by atoms with van der Waals surface area (Å²) in [5, 5.41) is 3.39. The van der Waals surface area contributed by atoms with E-state index in [9.17, 15) is 0 Å². The fourth-order valence-electron chi connectivity index (χ4n) is 1.42. The average molecular weight is 265 g/mol. The van der Waals surface area contributed by atoms with Gasteiger partial charge in [0.1, 0.15) is 0 Å². The number of aromatic nitrogens is 1. The Kier molecular flexibility index (Phi) is 3.59. The van der Waals surface area contributed by atoms with Gasteiger partial charge in [-0.2, -0.15) is 0 Å². The molecule has 0 bridgehead atoms. The maximum Gasteiger partial charge on any atom is 0.0223 e. The van der Waals surface area contributed by atoms with Crippen molar-refractivity contribution in [2.75, 3.05) is 0 Å². The lowest BCUT2D eigenvalue weighted by molar-refractivity contribution is 0.694. The molecule has 0 radical (unpaired) electrons. The Balaban J connectivity index is 1.81. The van der Waals surface area contributed by atoms with Crippen LogP contribution in [0.2, 0.25) is 0 Å². The first-order chi connectivity index (χ1) is 7.34. The highest BCUT2D eigenvalue weighted by Gasteiger charge is 1.94. The second kappa shape index (κ2) is 5.14. The van der Waals surface area contributed by atoms with E-state index in [1.54, 1.807) is 0 Å². The molecule has 0 unspecified atom stereocenters. The third-order valence-electron chi connectivity index (χ3n) is 2.23. The van der Waals surface area contributed by atoms with Gasteiger partial charge >= 0.3 is 0 Å². The summed E-state index contributed by atoms with van der Waals surface area (Å²) in [4.78, 5) is 3.04. The van der Waals surface area contributed by atoms with E-state index < -0.39 is 0 Å². The highest BCUT2D eigenvalue weighted by atomic mass is 79.9. The van der Waals surface area contributed by atoms with Crippen molar-refractivity contribution in [3.63, 3.8) is 0 Å². The number of H-pyrrole nitrogens is 1. The molecule has 15 heavy (non-hydrogen) atoms. The Hall–Kier alpha value is -1.06. The third kappa shape index (κ3) is 3.22. The first kappa shape index (κ1) is 10.5. The van der Waals surface area contributed by atoms with Gasteiger partial charge < -0.3 is 10.3 Å². The monoisotopic (exact) mass is 264 g/mol. The van der Waals surface area contributed by atoms with Crippen LogP contribution in [0.3, 0.4) is 0 Å². The molecule has 1 heterocycles. The van der Waals surface area contributed by atoms with Crippen LogP contribution in [0.1, 0.15) is 11.1 Å². The fraction of sp³-hybridized carbons (Fsp3) is 0.167. The van der Waals surface area contributed by atoms with E-state index >= 15 is 0 Å². The summed E-state index contributed by atoms with van der Waals surface area (Å²) in [7, 11) is 0. The lowest BCUT2D eigenvalue weighted by atomic mass is 10.2. The summed E-state index contributed by atoms with van der Waals surface area (Å²) < 4.78 is 1.12. The van der Waals surface area contributed by atoms with Crippen molar-refractivity contribution in [3.8, 4) is 0 Å². The minimum Gasteiger partial charge on any atom is -0.367 e. The largest absolute Gasteiger partial charge is 0.367 e. The Morgan fingerprint density at radius 3 is 2.40 bits per heavy atom. The summed E-state index contributed by atoms with van der Waals surface area (Å²) in [6.07, 6.45) is 3.95. The Morgan fingerprint density at radius 1 is 1.00 bits per heavy atom. The summed E-state index contributed by atoms with van der Waals surface area (Å²) in [6, 6.07) is 10.4. The van der Waals surface area contributed by atoms with Crippen molar-refractivity contribution >= 4 is 15.9 Å². The lowest BCUT2D eigenvalue weighted by Gasteiger charge is -2.03. The molecule has 1 aromatic heterocycles. The van der Waals surface area contributed by atoms with Crippen molar-refractivity contribution in [2.24, 2.45) is 0 Å². The summed E-state index contributed by atoms with van der Waals surface area (Å²) >= 11 is 3.42. The molecule has 0 saturated carbocycles. The first-order valence-corrected chi connectivity index (χ1v) is 5.71. The van der Waals surface area contributed by atoms with Crippen LogP contribution in [0, 0.1) is 0 Å². The van der Waals surface area contributed by atoms with Gasteiger partial charge in [-0.3, -0.25) is 0 Å². The van der Waals surface area contributed by atoms with Crippen molar-refractivity contribution < 1.29 is 0 Å². The van der Waals surface area contributed by atoms with Gasteiger partial charge in [-0.25, -0.2) is 0 Å². The van der Waals surface area contributed by atoms with E-state index in [0.717, 1.165) is 17.6 Å². The maximum absolute atomic E-state index is 3.42. The fourth-order valence-corrected chi connectivity index (χ4v) is 1.69. The summed E-state index contributed by atoms with van der Waals surface area (Å²) in [5.74, 6) is 0. The van der Waals surface area contributed by atoms with Crippen LogP contribution in [0.4, 0.5) is 0 Å². The van der Waals surface area contributed by atoms with Crippen LogP contribution in [-0.4, -0.2) is 4.98 Å². The van der Waals surface area contributed by atoms with Crippen LogP contribution in [-0.2, 0) is 13.1 Å². The van der Waals surface area contributed by atoms with E-state index in [4.69, 9.17) is 0 Å². The molecule has 0 fully saturated rings. The molecule has 0 saturated heterocycles. The smallest absolute Gasteiger partial charge is 0.0223 e. The molecule has 0 aliphatic carbocycles. The van der Waals surface area contributed by atoms with Crippen molar-refractivity contribution in [1.82, 2.24) is 10.3 Å². The zero-order valence-electron chi connectivity index (χ0n) is 8.33. The number of benzene rings is 1. The molecule has 1 aromatic carbocycles. The van der Waals surface area contributed by atoms with E-state index in [2.05, 4.69) is 56.6 Å². The van der Waals surface area contributed by atoms with Crippen LogP contribution in [0.25, 0.3) is 0 Å². The molecular weight excluding hydrogens is 252 g/mol. The predicted molar refractivity (Wildman–Crippen MR) is 65.5 cm³/mol. The third-order valence-corrected chi connectivity index (χ3v) is 2.76. The second-order valence-corrected chi connectivity index (χ2v) is 4.36. The van der Waals surface area contributed by atoms with Gasteiger partial charge in [0, 0.05) is 30.0 Å². The quantitative estimate of drug-likeness (QED) is 0.873. The Bertz CT molecular complexity index is 392. The summed E-state index contributed by atoms with van der Waals surface area (Å²) in [5.41, 5.74) is 2.58. The van der Waals surface area contributed by atoms with Gasteiger partial charge in [-0.05, 0) is 29.3 Å².